The molecule has 0 aliphatic carbocycles. The number of carbonyl (C=O) groups is 1. The number of rotatable bonds is 10. The average Bonchev–Trinajstić information content (AvgIpc) is 2.83. The summed E-state index contributed by atoms with van der Waals surface area (Å²) < 4.78 is 38.9. The van der Waals surface area contributed by atoms with Crippen LogP contribution in [0.3, 0.4) is 0 Å². The highest BCUT2D eigenvalue weighted by atomic mass is 32.2. The molecular weight excluding hydrogens is 440 g/mol. The summed E-state index contributed by atoms with van der Waals surface area (Å²) in [6.45, 7) is 2.22. The number of nitrogens with one attached hydrogen (secondary N) is 2. The number of amides is 1. The lowest BCUT2D eigenvalue weighted by Gasteiger charge is -2.13. The fourth-order valence-corrected chi connectivity index (χ4v) is 4.66. The number of hydrogen-bond donors (Lipinski definition) is 2. The second-order valence-electron chi connectivity index (χ2n) is 7.47. The number of methoxy groups -OCH3 is 2. The van der Waals surface area contributed by atoms with E-state index >= 15 is 0 Å². The Kier molecular flexibility index (Phi) is 8.08. The van der Waals surface area contributed by atoms with Gasteiger partial charge in [0.05, 0.1) is 19.1 Å². The molecular formula is C25H28N2O5S. The minimum Gasteiger partial charge on any atom is -0.497 e. The molecule has 0 aromatic heterocycles. The monoisotopic (exact) mass is 468 g/mol. The maximum absolute atomic E-state index is 12.9. The normalized spacial score (nSPS) is 11.1. The van der Waals surface area contributed by atoms with Crippen LogP contribution in [0.2, 0.25) is 0 Å². The lowest BCUT2D eigenvalue weighted by atomic mass is 10.1. The van der Waals surface area contributed by atoms with Gasteiger partial charge in [-0.3, -0.25) is 4.79 Å². The first-order chi connectivity index (χ1) is 15.8. The summed E-state index contributed by atoms with van der Waals surface area (Å²) in [5, 5.41) is 2.84. The van der Waals surface area contributed by atoms with E-state index in [2.05, 4.69) is 10.0 Å². The number of ether oxygens (including phenoxy) is 2. The molecule has 0 bridgehead atoms. The van der Waals surface area contributed by atoms with Crippen molar-refractivity contribution in [2.45, 2.75) is 24.8 Å². The molecule has 0 aliphatic heterocycles. The number of hydrogen-bond acceptors (Lipinski definition) is 5. The van der Waals surface area contributed by atoms with E-state index in [9.17, 15) is 13.2 Å². The first kappa shape index (κ1) is 24.3. The van der Waals surface area contributed by atoms with E-state index in [1.807, 2.05) is 42.5 Å². The maximum Gasteiger partial charge on any atom is 0.251 e. The first-order valence-electron chi connectivity index (χ1n) is 10.5. The summed E-state index contributed by atoms with van der Waals surface area (Å²) in [6.07, 6.45) is 0.530. The van der Waals surface area contributed by atoms with Gasteiger partial charge in [-0.2, -0.15) is 0 Å². The molecule has 3 aromatic carbocycles. The van der Waals surface area contributed by atoms with Crippen LogP contribution in [0, 0.1) is 6.92 Å². The molecule has 0 unspecified atom stereocenters. The molecule has 1 amide bonds. The van der Waals surface area contributed by atoms with Crippen molar-refractivity contribution >= 4 is 15.9 Å². The molecule has 8 heteroatoms. The second kappa shape index (κ2) is 11.0. The van der Waals surface area contributed by atoms with Gasteiger partial charge < -0.3 is 14.8 Å². The van der Waals surface area contributed by atoms with E-state index in [0.29, 0.717) is 30.0 Å². The molecule has 33 heavy (non-hydrogen) atoms. The summed E-state index contributed by atoms with van der Waals surface area (Å²) in [4.78, 5) is 12.8. The Hall–Kier alpha value is -3.36. The zero-order valence-corrected chi connectivity index (χ0v) is 19.7. The summed E-state index contributed by atoms with van der Waals surface area (Å²) in [5.74, 6) is 1.06. The van der Waals surface area contributed by atoms with Gasteiger partial charge in [0.1, 0.15) is 11.5 Å². The van der Waals surface area contributed by atoms with Crippen LogP contribution in [-0.2, 0) is 23.0 Å². The van der Waals surface area contributed by atoms with Gasteiger partial charge in [-0.15, -0.1) is 0 Å². The topological polar surface area (TPSA) is 93.7 Å². The van der Waals surface area contributed by atoms with E-state index in [1.54, 1.807) is 39.3 Å². The van der Waals surface area contributed by atoms with Crippen molar-refractivity contribution < 1.29 is 22.7 Å². The molecule has 0 spiro atoms. The summed E-state index contributed by atoms with van der Waals surface area (Å²) in [6, 6.07) is 19.4. The minimum absolute atomic E-state index is 0.0838. The smallest absolute Gasteiger partial charge is 0.251 e. The molecule has 0 atom stereocenters. The summed E-state index contributed by atoms with van der Waals surface area (Å²) >= 11 is 0. The van der Waals surface area contributed by atoms with Crippen molar-refractivity contribution in [3.63, 3.8) is 0 Å². The average molecular weight is 469 g/mol. The zero-order chi connectivity index (χ0) is 23.8. The third kappa shape index (κ3) is 6.34. The van der Waals surface area contributed by atoms with Crippen molar-refractivity contribution in [3.8, 4) is 11.5 Å². The van der Waals surface area contributed by atoms with Crippen molar-refractivity contribution in [2.75, 3.05) is 20.8 Å². The van der Waals surface area contributed by atoms with E-state index < -0.39 is 10.0 Å². The maximum atomic E-state index is 12.9. The standard InChI is InChI=1S/C25H28N2O5S/c1-18-9-10-21(16-24(18)33(29,30)27-17-19-7-5-4-6-8-19)25(28)26-14-13-20-15-22(31-2)11-12-23(20)32-3/h4-12,15-16,27H,13-14,17H2,1-3H3,(H,26,28). The molecule has 0 heterocycles. The predicted octanol–water partition coefficient (Wildman–Crippen LogP) is 3.46. The lowest BCUT2D eigenvalue weighted by Crippen LogP contribution is -2.27. The largest absolute Gasteiger partial charge is 0.497 e. The Morgan fingerprint density at radius 2 is 1.70 bits per heavy atom. The number of aryl methyl sites for hydroxylation is 1. The van der Waals surface area contributed by atoms with Crippen LogP contribution < -0.4 is 19.5 Å². The Bertz CT molecular complexity index is 1210. The molecule has 0 aliphatic rings. The summed E-state index contributed by atoms with van der Waals surface area (Å²) in [5.41, 5.74) is 2.58. The molecule has 0 radical (unpaired) electrons. The van der Waals surface area contributed by atoms with Crippen LogP contribution in [-0.4, -0.2) is 35.1 Å². The van der Waals surface area contributed by atoms with E-state index in [-0.39, 0.29) is 22.9 Å². The molecule has 0 saturated heterocycles. The van der Waals surface area contributed by atoms with Gasteiger partial charge in [0, 0.05) is 18.7 Å². The number of benzene rings is 3. The molecule has 0 fully saturated rings. The van der Waals surface area contributed by atoms with Crippen LogP contribution in [0.25, 0.3) is 0 Å². The summed E-state index contributed by atoms with van der Waals surface area (Å²) in [7, 11) is -0.610. The van der Waals surface area contributed by atoms with Crippen LogP contribution in [0.5, 0.6) is 11.5 Å². The number of carbonyl (C=O) groups excluding carboxylic acids is 1. The first-order valence-corrected chi connectivity index (χ1v) is 12.0. The van der Waals surface area contributed by atoms with Crippen LogP contribution >= 0.6 is 0 Å². The van der Waals surface area contributed by atoms with Crippen LogP contribution in [0.4, 0.5) is 0 Å². The van der Waals surface area contributed by atoms with E-state index in [0.717, 1.165) is 11.1 Å². The Morgan fingerprint density at radius 1 is 0.939 bits per heavy atom. The molecule has 3 rings (SSSR count). The molecule has 7 nitrogen and oxygen atoms in total. The van der Waals surface area contributed by atoms with E-state index in [1.165, 1.54) is 6.07 Å². The highest BCUT2D eigenvalue weighted by Crippen LogP contribution is 2.24. The van der Waals surface area contributed by atoms with Crippen LogP contribution in [0.15, 0.2) is 71.6 Å². The molecule has 2 N–H and O–H groups in total. The van der Waals surface area contributed by atoms with Crippen molar-refractivity contribution in [1.82, 2.24) is 10.0 Å². The fourth-order valence-electron chi connectivity index (χ4n) is 3.37. The van der Waals surface area contributed by atoms with Crippen molar-refractivity contribution in [1.29, 1.82) is 0 Å². The minimum atomic E-state index is -3.79. The van der Waals surface area contributed by atoms with Gasteiger partial charge >= 0.3 is 0 Å². The third-order valence-electron chi connectivity index (χ3n) is 5.22. The third-order valence-corrected chi connectivity index (χ3v) is 6.76. The quantitative estimate of drug-likeness (QED) is 0.475. The molecule has 174 valence electrons. The van der Waals surface area contributed by atoms with Gasteiger partial charge in [0.25, 0.3) is 5.91 Å². The van der Waals surface area contributed by atoms with Crippen LogP contribution in [0.1, 0.15) is 27.0 Å². The zero-order valence-electron chi connectivity index (χ0n) is 18.9. The van der Waals surface area contributed by atoms with Gasteiger partial charge in [0.2, 0.25) is 10.0 Å². The highest BCUT2D eigenvalue weighted by molar-refractivity contribution is 7.89. The lowest BCUT2D eigenvalue weighted by molar-refractivity contribution is 0.0954. The van der Waals surface area contributed by atoms with Crippen molar-refractivity contribution in [3.05, 3.63) is 89.0 Å². The van der Waals surface area contributed by atoms with Gasteiger partial charge in [-0.1, -0.05) is 36.4 Å². The predicted molar refractivity (Wildman–Crippen MR) is 127 cm³/mol. The molecule has 0 saturated carbocycles. The highest BCUT2D eigenvalue weighted by Gasteiger charge is 2.19. The van der Waals surface area contributed by atoms with Gasteiger partial charge in [-0.25, -0.2) is 13.1 Å². The van der Waals surface area contributed by atoms with E-state index in [4.69, 9.17) is 9.47 Å². The molecule has 3 aromatic rings. The second-order valence-corrected chi connectivity index (χ2v) is 9.21. The van der Waals surface area contributed by atoms with Gasteiger partial charge in [0.15, 0.2) is 0 Å². The van der Waals surface area contributed by atoms with Gasteiger partial charge in [-0.05, 0) is 60.4 Å². The SMILES string of the molecule is COc1ccc(OC)c(CCNC(=O)c2ccc(C)c(S(=O)(=O)NCc3ccccc3)c2)c1. The fraction of sp³-hybridized carbons (Fsp3) is 0.240. The Balaban J connectivity index is 1.68. The Morgan fingerprint density at radius 3 is 2.39 bits per heavy atom. The number of sulfonamides is 1. The van der Waals surface area contributed by atoms with Crippen molar-refractivity contribution in [2.24, 2.45) is 0 Å². The Labute approximate surface area is 194 Å².